The van der Waals surface area contributed by atoms with Gasteiger partial charge in [-0.25, -0.2) is 4.79 Å². The van der Waals surface area contributed by atoms with E-state index in [0.29, 0.717) is 23.9 Å². The number of hydrogen-bond acceptors (Lipinski definition) is 5. The van der Waals surface area contributed by atoms with Gasteiger partial charge in [-0.3, -0.25) is 4.79 Å². The van der Waals surface area contributed by atoms with Gasteiger partial charge < -0.3 is 19.1 Å². The predicted octanol–water partition coefficient (Wildman–Crippen LogP) is 4.23. The van der Waals surface area contributed by atoms with E-state index in [9.17, 15) is 14.7 Å². The average Bonchev–Trinajstić information content (AvgIpc) is 2.62. The Morgan fingerprint density at radius 3 is 2.07 bits per heavy atom. The summed E-state index contributed by atoms with van der Waals surface area (Å²) in [6.07, 6.45) is 10.5. The highest BCUT2D eigenvalue weighted by molar-refractivity contribution is 5.70. The van der Waals surface area contributed by atoms with Crippen molar-refractivity contribution >= 4 is 11.9 Å². The molecule has 0 aromatic rings. The molecule has 2 atom stereocenters. The van der Waals surface area contributed by atoms with Crippen molar-refractivity contribution in [3.63, 3.8) is 0 Å². The van der Waals surface area contributed by atoms with Crippen LogP contribution in [0.5, 0.6) is 0 Å². The van der Waals surface area contributed by atoms with Gasteiger partial charge in [0.25, 0.3) is 0 Å². The van der Waals surface area contributed by atoms with Crippen LogP contribution in [0.4, 0.5) is 0 Å². The van der Waals surface area contributed by atoms with E-state index in [1.165, 1.54) is 32.6 Å². The molecule has 2 unspecified atom stereocenters. The van der Waals surface area contributed by atoms with Crippen LogP contribution in [0.25, 0.3) is 0 Å². The Morgan fingerprint density at radius 1 is 0.897 bits per heavy atom. The molecule has 0 aliphatic rings. The van der Waals surface area contributed by atoms with Crippen molar-refractivity contribution in [3.05, 3.63) is 0 Å². The number of carbonyl (C=O) groups excluding carboxylic acids is 2. The minimum atomic E-state index is -0.598. The highest BCUT2D eigenvalue weighted by atomic mass is 16.6. The first-order chi connectivity index (χ1) is 13.7. The summed E-state index contributed by atoms with van der Waals surface area (Å²) in [5.41, 5.74) is 0. The molecule has 0 spiro atoms. The van der Waals surface area contributed by atoms with E-state index < -0.39 is 12.2 Å². The first-order valence-corrected chi connectivity index (χ1v) is 11.5. The molecule has 0 aromatic heterocycles. The molecule has 1 N–H and O–H groups in total. The molecule has 172 valence electrons. The third kappa shape index (κ3) is 16.4. The standard InChI is InChI=1S/C23H46NO5/c1-6-8-10-11-12-14-15-21(26)22(16-13-9-7-2)29-23(27)19-24(4,5)17-18-28-20(3)25/h21-22,26H,6-19H2,1-5H3/q+1. The molecule has 6 nitrogen and oxygen atoms in total. The number of ether oxygens (including phenoxy) is 2. The minimum absolute atomic E-state index is 0.190. The summed E-state index contributed by atoms with van der Waals surface area (Å²) in [7, 11) is 3.81. The maximum absolute atomic E-state index is 12.5. The summed E-state index contributed by atoms with van der Waals surface area (Å²) >= 11 is 0. The van der Waals surface area contributed by atoms with E-state index >= 15 is 0 Å². The lowest BCUT2D eigenvalue weighted by Crippen LogP contribution is -2.47. The Kier molecular flexibility index (Phi) is 16.0. The molecule has 29 heavy (non-hydrogen) atoms. The van der Waals surface area contributed by atoms with Gasteiger partial charge in [-0.05, 0) is 19.3 Å². The van der Waals surface area contributed by atoms with Gasteiger partial charge in [0.05, 0.1) is 20.2 Å². The summed E-state index contributed by atoms with van der Waals surface area (Å²) in [5, 5.41) is 10.6. The van der Waals surface area contributed by atoms with E-state index in [-0.39, 0.29) is 25.1 Å². The molecule has 0 amide bonds. The molecule has 0 aromatic carbocycles. The Labute approximate surface area is 178 Å². The normalized spacial score (nSPS) is 13.7. The fraction of sp³-hybridized carbons (Fsp3) is 0.913. The van der Waals surface area contributed by atoms with Gasteiger partial charge in [-0.15, -0.1) is 0 Å². The molecule has 0 radical (unpaired) electrons. The quantitative estimate of drug-likeness (QED) is 0.206. The number of aliphatic hydroxyl groups is 1. The van der Waals surface area contributed by atoms with Crippen molar-refractivity contribution in [1.82, 2.24) is 0 Å². The van der Waals surface area contributed by atoms with Crippen LogP contribution in [0.3, 0.4) is 0 Å². The summed E-state index contributed by atoms with van der Waals surface area (Å²) in [5.74, 6) is -0.622. The predicted molar refractivity (Wildman–Crippen MR) is 116 cm³/mol. The van der Waals surface area contributed by atoms with Gasteiger partial charge in [0.15, 0.2) is 6.54 Å². The zero-order valence-corrected chi connectivity index (χ0v) is 19.6. The van der Waals surface area contributed by atoms with Crippen LogP contribution in [0.1, 0.15) is 91.4 Å². The lowest BCUT2D eigenvalue weighted by atomic mass is 10.00. The average molecular weight is 417 g/mol. The van der Waals surface area contributed by atoms with E-state index in [1.807, 2.05) is 14.1 Å². The van der Waals surface area contributed by atoms with Gasteiger partial charge >= 0.3 is 11.9 Å². The van der Waals surface area contributed by atoms with Crippen molar-refractivity contribution in [2.45, 2.75) is 104 Å². The fourth-order valence-corrected chi connectivity index (χ4v) is 3.32. The van der Waals surface area contributed by atoms with Crippen LogP contribution in [0.15, 0.2) is 0 Å². The van der Waals surface area contributed by atoms with Crippen LogP contribution in [-0.2, 0) is 19.1 Å². The molecular formula is C23H46NO5+. The maximum Gasteiger partial charge on any atom is 0.362 e. The third-order valence-electron chi connectivity index (χ3n) is 5.22. The van der Waals surface area contributed by atoms with Gasteiger partial charge in [0, 0.05) is 6.92 Å². The number of nitrogens with zero attached hydrogens (tertiary/aromatic N) is 1. The summed E-state index contributed by atoms with van der Waals surface area (Å²) in [6, 6.07) is 0. The number of rotatable bonds is 18. The fourth-order valence-electron chi connectivity index (χ4n) is 3.32. The number of aliphatic hydroxyl groups excluding tert-OH is 1. The first kappa shape index (κ1) is 27.9. The summed E-state index contributed by atoms with van der Waals surface area (Å²) in [4.78, 5) is 23.4. The van der Waals surface area contributed by atoms with Crippen molar-refractivity contribution in [2.75, 3.05) is 33.8 Å². The second kappa shape index (κ2) is 16.6. The van der Waals surface area contributed by atoms with Gasteiger partial charge in [-0.2, -0.15) is 0 Å². The Bertz CT molecular complexity index is 439. The summed E-state index contributed by atoms with van der Waals surface area (Å²) < 4.78 is 11.1. The minimum Gasteiger partial charge on any atom is -0.460 e. The van der Waals surface area contributed by atoms with Crippen molar-refractivity contribution in [1.29, 1.82) is 0 Å². The van der Waals surface area contributed by atoms with Crippen LogP contribution in [0, 0.1) is 0 Å². The molecule has 6 heteroatoms. The third-order valence-corrected chi connectivity index (χ3v) is 5.22. The second-order valence-electron chi connectivity index (χ2n) is 8.81. The number of likely N-dealkylation sites (N-methyl/N-ethyl adjacent to an activating group) is 1. The number of unbranched alkanes of at least 4 members (excludes halogenated alkanes) is 7. The molecule has 0 aliphatic heterocycles. The molecular weight excluding hydrogens is 370 g/mol. The topological polar surface area (TPSA) is 72.8 Å². The van der Waals surface area contributed by atoms with E-state index in [1.54, 1.807) is 0 Å². The molecule has 0 aliphatic carbocycles. The molecule has 0 bridgehead atoms. The summed E-state index contributed by atoms with van der Waals surface area (Å²) in [6.45, 7) is 6.72. The highest BCUT2D eigenvalue weighted by Crippen LogP contribution is 2.17. The lowest BCUT2D eigenvalue weighted by Gasteiger charge is -2.30. The molecule has 0 saturated carbocycles. The number of carbonyl (C=O) groups is 2. The number of esters is 2. The highest BCUT2D eigenvalue weighted by Gasteiger charge is 2.27. The van der Waals surface area contributed by atoms with Crippen molar-refractivity contribution in [2.24, 2.45) is 0 Å². The van der Waals surface area contributed by atoms with E-state index in [4.69, 9.17) is 9.47 Å². The van der Waals surface area contributed by atoms with Gasteiger partial charge in [0.1, 0.15) is 19.3 Å². The van der Waals surface area contributed by atoms with Crippen LogP contribution >= 0.6 is 0 Å². The van der Waals surface area contributed by atoms with Crippen LogP contribution in [-0.4, -0.2) is 67.5 Å². The maximum atomic E-state index is 12.5. The number of quaternary nitrogens is 1. The van der Waals surface area contributed by atoms with Gasteiger partial charge in [-0.1, -0.05) is 65.2 Å². The smallest absolute Gasteiger partial charge is 0.362 e. The lowest BCUT2D eigenvalue weighted by molar-refractivity contribution is -0.883. The zero-order valence-electron chi connectivity index (χ0n) is 19.6. The van der Waals surface area contributed by atoms with Crippen LogP contribution in [0.2, 0.25) is 0 Å². The molecule has 0 heterocycles. The monoisotopic (exact) mass is 416 g/mol. The van der Waals surface area contributed by atoms with E-state index in [0.717, 1.165) is 32.1 Å². The number of hydrogen-bond donors (Lipinski definition) is 1. The van der Waals surface area contributed by atoms with Crippen molar-refractivity contribution in [3.8, 4) is 0 Å². The molecule has 0 fully saturated rings. The first-order valence-electron chi connectivity index (χ1n) is 11.5. The Balaban J connectivity index is 4.49. The molecule has 0 rings (SSSR count). The van der Waals surface area contributed by atoms with E-state index in [2.05, 4.69) is 13.8 Å². The second-order valence-corrected chi connectivity index (χ2v) is 8.81. The Hall–Kier alpha value is -1.14. The van der Waals surface area contributed by atoms with Gasteiger partial charge in [0.2, 0.25) is 0 Å². The Morgan fingerprint density at radius 2 is 1.45 bits per heavy atom. The largest absolute Gasteiger partial charge is 0.460 e. The molecule has 0 saturated heterocycles. The van der Waals surface area contributed by atoms with Crippen molar-refractivity contribution < 1.29 is 28.7 Å². The zero-order chi connectivity index (χ0) is 22.1. The van der Waals surface area contributed by atoms with Crippen LogP contribution < -0.4 is 0 Å². The SMILES string of the molecule is CCCCCCCCC(O)C(CCCCC)OC(=O)C[N+](C)(C)CCOC(C)=O.